The number of benzene rings is 3. The topological polar surface area (TPSA) is 70.9 Å². The van der Waals surface area contributed by atoms with Crippen molar-refractivity contribution >= 4 is 38.6 Å². The van der Waals surface area contributed by atoms with Gasteiger partial charge in [0.05, 0.1) is 23.7 Å². The molecule has 0 atom stereocenters. The summed E-state index contributed by atoms with van der Waals surface area (Å²) in [5.74, 6) is 0.498. The first-order valence-electron chi connectivity index (χ1n) is 9.49. The van der Waals surface area contributed by atoms with E-state index in [1.807, 2.05) is 0 Å². The van der Waals surface area contributed by atoms with Gasteiger partial charge in [-0.2, -0.15) is 5.26 Å². The van der Waals surface area contributed by atoms with Gasteiger partial charge in [-0.1, -0.05) is 28.1 Å². The summed E-state index contributed by atoms with van der Waals surface area (Å²) >= 11 is 3.49. The van der Waals surface area contributed by atoms with Crippen molar-refractivity contribution in [2.75, 3.05) is 7.11 Å². The molecule has 0 amide bonds. The van der Waals surface area contributed by atoms with E-state index in [-0.39, 0.29) is 18.0 Å². The molecule has 0 saturated carbocycles. The lowest BCUT2D eigenvalue weighted by Gasteiger charge is -2.13. The summed E-state index contributed by atoms with van der Waals surface area (Å²) in [6.07, 6.45) is 1.64. The summed E-state index contributed by atoms with van der Waals surface area (Å²) < 4.78 is 38.8. The maximum Gasteiger partial charge on any atom is 0.162 e. The molecule has 8 heteroatoms. The van der Waals surface area contributed by atoms with Crippen LogP contribution < -0.4 is 9.47 Å². The molecule has 1 N–H and O–H groups in total. The number of ether oxygens (including phenoxy) is 2. The van der Waals surface area contributed by atoms with E-state index in [9.17, 15) is 14.0 Å². The molecule has 0 spiro atoms. The number of aromatic amines is 1. The predicted molar refractivity (Wildman–Crippen MR) is 121 cm³/mol. The van der Waals surface area contributed by atoms with Gasteiger partial charge in [0.2, 0.25) is 0 Å². The van der Waals surface area contributed by atoms with E-state index in [2.05, 4.69) is 32.0 Å². The fourth-order valence-electron chi connectivity index (χ4n) is 3.14. The van der Waals surface area contributed by atoms with Gasteiger partial charge < -0.3 is 14.5 Å². The molecule has 1 heterocycles. The standard InChI is InChI=1S/C24H16BrF2N3O2/c1-31-22-9-15(19(25)11-23(22)32-13-14-3-2-4-17(26)7-14)8-16(12-28)24-29-20-6-5-18(27)10-21(20)30-24/h2-11H,13H2,1H3,(H,29,30)/b16-8-. The minimum absolute atomic E-state index is 0.161. The lowest BCUT2D eigenvalue weighted by Crippen LogP contribution is -1.99. The van der Waals surface area contributed by atoms with Gasteiger partial charge in [-0.3, -0.25) is 0 Å². The number of nitrogens with one attached hydrogen (secondary N) is 1. The van der Waals surface area contributed by atoms with Gasteiger partial charge in [-0.15, -0.1) is 0 Å². The molecule has 0 unspecified atom stereocenters. The lowest BCUT2D eigenvalue weighted by atomic mass is 10.1. The molecule has 0 fully saturated rings. The van der Waals surface area contributed by atoms with Gasteiger partial charge in [0, 0.05) is 4.47 Å². The summed E-state index contributed by atoms with van der Waals surface area (Å²) in [5.41, 5.74) is 2.65. The Hall–Kier alpha value is -3.70. The number of fused-ring (bicyclic) bond motifs is 1. The minimum atomic E-state index is -0.392. The molecular formula is C24H16BrF2N3O2. The van der Waals surface area contributed by atoms with Gasteiger partial charge >= 0.3 is 0 Å². The zero-order chi connectivity index (χ0) is 22.7. The van der Waals surface area contributed by atoms with Crippen LogP contribution in [0.1, 0.15) is 17.0 Å². The molecule has 32 heavy (non-hydrogen) atoms. The Morgan fingerprint density at radius 1 is 1.12 bits per heavy atom. The lowest BCUT2D eigenvalue weighted by molar-refractivity contribution is 0.284. The van der Waals surface area contributed by atoms with Crippen LogP contribution in [-0.4, -0.2) is 17.1 Å². The maximum absolute atomic E-state index is 13.5. The molecule has 0 radical (unpaired) electrons. The largest absolute Gasteiger partial charge is 0.493 e. The van der Waals surface area contributed by atoms with Crippen LogP contribution in [-0.2, 0) is 6.61 Å². The molecule has 0 aliphatic rings. The number of H-pyrrole nitrogens is 1. The van der Waals surface area contributed by atoms with Crippen molar-refractivity contribution < 1.29 is 18.3 Å². The fourth-order valence-corrected chi connectivity index (χ4v) is 3.58. The Labute approximate surface area is 191 Å². The molecule has 160 valence electrons. The predicted octanol–water partition coefficient (Wildman–Crippen LogP) is 6.26. The highest BCUT2D eigenvalue weighted by Gasteiger charge is 2.13. The molecule has 0 aliphatic carbocycles. The number of aromatic nitrogens is 2. The molecule has 3 aromatic carbocycles. The fraction of sp³-hybridized carbons (Fsp3) is 0.0833. The summed E-state index contributed by atoms with van der Waals surface area (Å²) in [6.45, 7) is 0.161. The molecule has 5 nitrogen and oxygen atoms in total. The average Bonchev–Trinajstić information content (AvgIpc) is 3.20. The second-order valence-electron chi connectivity index (χ2n) is 6.86. The number of hydrogen-bond donors (Lipinski definition) is 1. The van der Waals surface area contributed by atoms with Crippen molar-refractivity contribution in [1.29, 1.82) is 5.26 Å². The summed E-state index contributed by atoms with van der Waals surface area (Å²) in [5, 5.41) is 9.67. The molecule has 4 aromatic rings. The van der Waals surface area contributed by atoms with Crippen molar-refractivity contribution in [2.24, 2.45) is 0 Å². The number of halogens is 3. The molecule has 0 saturated heterocycles. The van der Waals surface area contributed by atoms with E-state index in [1.165, 1.54) is 31.4 Å². The summed E-state index contributed by atoms with van der Waals surface area (Å²) in [7, 11) is 1.50. The van der Waals surface area contributed by atoms with E-state index in [4.69, 9.17) is 9.47 Å². The van der Waals surface area contributed by atoms with Crippen LogP contribution in [0, 0.1) is 23.0 Å². The van der Waals surface area contributed by atoms with Crippen LogP contribution in [0.4, 0.5) is 8.78 Å². The van der Waals surface area contributed by atoms with Crippen LogP contribution in [0.25, 0.3) is 22.7 Å². The highest BCUT2D eigenvalue weighted by atomic mass is 79.9. The number of methoxy groups -OCH3 is 1. The third kappa shape index (κ3) is 4.63. The van der Waals surface area contributed by atoms with E-state index < -0.39 is 5.82 Å². The maximum atomic E-state index is 13.5. The zero-order valence-corrected chi connectivity index (χ0v) is 18.4. The Kier molecular flexibility index (Phi) is 6.19. The first-order valence-corrected chi connectivity index (χ1v) is 10.3. The number of allylic oxidation sites excluding steroid dienone is 1. The summed E-state index contributed by atoms with van der Waals surface area (Å²) in [6, 6.07) is 15.9. The number of nitrogens with zero attached hydrogens (tertiary/aromatic N) is 2. The monoisotopic (exact) mass is 495 g/mol. The Morgan fingerprint density at radius 3 is 2.69 bits per heavy atom. The number of nitriles is 1. The smallest absolute Gasteiger partial charge is 0.162 e. The highest BCUT2D eigenvalue weighted by Crippen LogP contribution is 2.36. The first-order chi connectivity index (χ1) is 15.5. The molecule has 1 aromatic heterocycles. The van der Waals surface area contributed by atoms with E-state index in [0.29, 0.717) is 44.0 Å². The third-order valence-corrected chi connectivity index (χ3v) is 5.37. The Morgan fingerprint density at radius 2 is 1.94 bits per heavy atom. The Bertz CT molecular complexity index is 1380. The van der Waals surface area contributed by atoms with Crippen molar-refractivity contribution in [3.8, 4) is 17.6 Å². The third-order valence-electron chi connectivity index (χ3n) is 4.69. The molecule has 0 aliphatic heterocycles. The SMILES string of the molecule is COc1cc(/C=C(/C#N)c2nc3ccc(F)cc3[nH]2)c(Br)cc1OCc1cccc(F)c1. The number of hydrogen-bond acceptors (Lipinski definition) is 4. The van der Waals surface area contributed by atoms with Crippen molar-refractivity contribution in [3.63, 3.8) is 0 Å². The summed E-state index contributed by atoms with van der Waals surface area (Å²) in [4.78, 5) is 7.33. The van der Waals surface area contributed by atoms with Crippen LogP contribution in [0.15, 0.2) is 59.1 Å². The van der Waals surface area contributed by atoms with Crippen LogP contribution in [0.3, 0.4) is 0 Å². The van der Waals surface area contributed by atoms with Crippen molar-refractivity contribution in [1.82, 2.24) is 9.97 Å². The highest BCUT2D eigenvalue weighted by molar-refractivity contribution is 9.10. The quantitative estimate of drug-likeness (QED) is 0.320. The van der Waals surface area contributed by atoms with Crippen LogP contribution in [0.2, 0.25) is 0 Å². The number of imidazole rings is 1. The number of rotatable bonds is 6. The average molecular weight is 496 g/mol. The van der Waals surface area contributed by atoms with Gasteiger partial charge in [-0.25, -0.2) is 13.8 Å². The molecule has 4 rings (SSSR count). The van der Waals surface area contributed by atoms with Gasteiger partial charge in [0.15, 0.2) is 11.5 Å². The Balaban J connectivity index is 1.64. The van der Waals surface area contributed by atoms with Gasteiger partial charge in [0.25, 0.3) is 0 Å². The van der Waals surface area contributed by atoms with Gasteiger partial charge in [0.1, 0.15) is 30.1 Å². The second kappa shape index (κ2) is 9.20. The van der Waals surface area contributed by atoms with E-state index >= 15 is 0 Å². The molecular weight excluding hydrogens is 480 g/mol. The minimum Gasteiger partial charge on any atom is -0.493 e. The molecule has 0 bridgehead atoms. The van der Waals surface area contributed by atoms with Crippen LogP contribution in [0.5, 0.6) is 11.5 Å². The van der Waals surface area contributed by atoms with E-state index in [1.54, 1.807) is 36.4 Å². The van der Waals surface area contributed by atoms with Crippen molar-refractivity contribution in [2.45, 2.75) is 6.61 Å². The first kappa shape index (κ1) is 21.5. The normalized spacial score (nSPS) is 11.4. The zero-order valence-electron chi connectivity index (χ0n) is 16.8. The van der Waals surface area contributed by atoms with E-state index in [0.717, 1.165) is 0 Å². The van der Waals surface area contributed by atoms with Gasteiger partial charge in [-0.05, 0) is 59.7 Å². The van der Waals surface area contributed by atoms with Crippen molar-refractivity contribution in [3.05, 3.63) is 87.7 Å². The second-order valence-corrected chi connectivity index (χ2v) is 7.71. The van der Waals surface area contributed by atoms with Crippen LogP contribution >= 0.6 is 15.9 Å².